The van der Waals surface area contributed by atoms with Gasteiger partial charge in [-0.3, -0.25) is 0 Å². The summed E-state index contributed by atoms with van der Waals surface area (Å²) in [6.07, 6.45) is 0.563. The quantitative estimate of drug-likeness (QED) is 0.547. The average Bonchev–Trinajstić information content (AvgIpc) is 3.45. The molecule has 3 aliphatic rings. The van der Waals surface area contributed by atoms with Crippen molar-refractivity contribution >= 4 is 5.71 Å². The van der Waals surface area contributed by atoms with Crippen LogP contribution in [-0.4, -0.2) is 17.5 Å². The van der Waals surface area contributed by atoms with E-state index in [2.05, 4.69) is 67.4 Å². The molecule has 0 aliphatic carbocycles. The van der Waals surface area contributed by atoms with Crippen LogP contribution in [-0.2, 0) is 0 Å². The van der Waals surface area contributed by atoms with Gasteiger partial charge < -0.3 is 14.2 Å². The van der Waals surface area contributed by atoms with E-state index in [0.717, 1.165) is 40.5 Å². The lowest BCUT2D eigenvalue weighted by molar-refractivity contribution is -0.0190. The number of ether oxygens (including phenoxy) is 3. The highest BCUT2D eigenvalue weighted by Crippen LogP contribution is 2.48. The van der Waals surface area contributed by atoms with E-state index in [9.17, 15) is 0 Å². The van der Waals surface area contributed by atoms with Gasteiger partial charge in [0.1, 0.15) is 5.75 Å². The van der Waals surface area contributed by atoms with E-state index in [1.54, 1.807) is 0 Å². The molecule has 2 atom stereocenters. The Bertz CT molecular complexity index is 1170. The second-order valence-corrected chi connectivity index (χ2v) is 8.54. The van der Waals surface area contributed by atoms with Crippen LogP contribution in [0.3, 0.4) is 0 Å². The summed E-state index contributed by atoms with van der Waals surface area (Å²) < 4.78 is 17.5. The predicted molar refractivity (Wildman–Crippen MR) is 119 cm³/mol. The van der Waals surface area contributed by atoms with Crippen LogP contribution >= 0.6 is 0 Å². The summed E-state index contributed by atoms with van der Waals surface area (Å²) in [7, 11) is 0. The molecule has 0 saturated heterocycles. The maximum Gasteiger partial charge on any atom is 0.231 e. The molecule has 0 fully saturated rings. The summed E-state index contributed by atoms with van der Waals surface area (Å²) >= 11 is 0. The summed E-state index contributed by atoms with van der Waals surface area (Å²) in [5.74, 6) is 3.00. The van der Waals surface area contributed by atoms with Gasteiger partial charge in [0.05, 0.1) is 11.8 Å². The van der Waals surface area contributed by atoms with Gasteiger partial charge in [0.25, 0.3) is 0 Å². The molecule has 5 heteroatoms. The van der Waals surface area contributed by atoms with Crippen molar-refractivity contribution in [2.45, 2.75) is 38.5 Å². The number of hydrogen-bond acceptors (Lipinski definition) is 5. The molecule has 0 N–H and O–H groups in total. The number of rotatable bonds is 3. The van der Waals surface area contributed by atoms with Crippen molar-refractivity contribution in [3.8, 4) is 17.2 Å². The van der Waals surface area contributed by atoms with Crippen molar-refractivity contribution < 1.29 is 14.2 Å². The molecular weight excluding hydrogens is 388 g/mol. The highest BCUT2D eigenvalue weighted by Gasteiger charge is 2.41. The highest BCUT2D eigenvalue weighted by atomic mass is 16.7. The second kappa shape index (κ2) is 7.05. The van der Waals surface area contributed by atoms with Crippen molar-refractivity contribution in [2.24, 2.45) is 5.10 Å². The number of nitrogens with zero attached hydrogens (tertiary/aromatic N) is 2. The lowest BCUT2D eigenvalue weighted by Gasteiger charge is -2.38. The zero-order valence-corrected chi connectivity index (χ0v) is 17.6. The first-order valence-corrected chi connectivity index (χ1v) is 10.8. The fraction of sp³-hybridized carbons (Fsp3) is 0.269. The first-order chi connectivity index (χ1) is 15.2. The van der Waals surface area contributed by atoms with Crippen LogP contribution in [0.4, 0.5) is 0 Å². The van der Waals surface area contributed by atoms with Gasteiger partial charge in [-0.2, -0.15) is 5.10 Å². The molecule has 3 aromatic rings. The third kappa shape index (κ3) is 3.03. The molecule has 31 heavy (non-hydrogen) atoms. The van der Waals surface area contributed by atoms with E-state index in [0.29, 0.717) is 5.92 Å². The van der Waals surface area contributed by atoms with E-state index in [1.165, 1.54) is 11.1 Å². The maximum atomic E-state index is 6.46. The topological polar surface area (TPSA) is 43.3 Å². The van der Waals surface area contributed by atoms with Gasteiger partial charge in [0, 0.05) is 23.1 Å². The van der Waals surface area contributed by atoms with Crippen molar-refractivity contribution in [3.05, 3.63) is 89.0 Å². The molecule has 0 bridgehead atoms. The minimum Gasteiger partial charge on any atom is -0.464 e. The first kappa shape index (κ1) is 18.3. The first-order valence-electron chi connectivity index (χ1n) is 10.8. The maximum absolute atomic E-state index is 6.46. The zero-order chi connectivity index (χ0) is 20.9. The molecule has 0 radical (unpaired) electrons. The average molecular weight is 412 g/mol. The summed E-state index contributed by atoms with van der Waals surface area (Å²) in [4.78, 5) is 0. The molecule has 156 valence electrons. The largest absolute Gasteiger partial charge is 0.464 e. The van der Waals surface area contributed by atoms with Crippen molar-refractivity contribution in [2.75, 3.05) is 6.79 Å². The van der Waals surface area contributed by atoms with E-state index in [1.807, 2.05) is 18.2 Å². The SMILES string of the molecule is CC(C)c1ccc([C@@H]2Oc3ccccc3[C@H]3CC(c4ccc5c(c4)OCO5)=NN32)cc1. The summed E-state index contributed by atoms with van der Waals surface area (Å²) in [5.41, 5.74) is 5.71. The van der Waals surface area contributed by atoms with Crippen LogP contribution < -0.4 is 14.2 Å². The van der Waals surface area contributed by atoms with Crippen LogP contribution in [0, 0.1) is 0 Å². The Kier molecular flexibility index (Phi) is 4.16. The Morgan fingerprint density at radius 1 is 0.903 bits per heavy atom. The Hall–Kier alpha value is -3.47. The molecule has 5 nitrogen and oxygen atoms in total. The Morgan fingerprint density at radius 2 is 1.71 bits per heavy atom. The lowest BCUT2D eigenvalue weighted by Crippen LogP contribution is -2.33. The second-order valence-electron chi connectivity index (χ2n) is 8.54. The summed E-state index contributed by atoms with van der Waals surface area (Å²) in [6.45, 7) is 4.69. The van der Waals surface area contributed by atoms with Gasteiger partial charge in [0.15, 0.2) is 11.5 Å². The van der Waals surface area contributed by atoms with E-state index < -0.39 is 0 Å². The minimum atomic E-state index is -0.257. The van der Waals surface area contributed by atoms with Crippen molar-refractivity contribution in [1.82, 2.24) is 5.01 Å². The van der Waals surface area contributed by atoms with E-state index in [4.69, 9.17) is 19.3 Å². The van der Waals surface area contributed by atoms with Crippen molar-refractivity contribution in [3.63, 3.8) is 0 Å². The Labute approximate surface area is 181 Å². The fourth-order valence-electron chi connectivity index (χ4n) is 4.55. The van der Waals surface area contributed by atoms with E-state index in [-0.39, 0.29) is 19.1 Å². The number of para-hydroxylation sites is 1. The van der Waals surface area contributed by atoms with Crippen LogP contribution in [0.25, 0.3) is 0 Å². The van der Waals surface area contributed by atoms with Gasteiger partial charge in [-0.15, -0.1) is 0 Å². The van der Waals surface area contributed by atoms with Gasteiger partial charge in [0.2, 0.25) is 13.0 Å². The molecule has 3 aliphatic heterocycles. The van der Waals surface area contributed by atoms with Gasteiger partial charge >= 0.3 is 0 Å². The van der Waals surface area contributed by atoms with Crippen LogP contribution in [0.1, 0.15) is 60.7 Å². The number of hydrazone groups is 1. The Balaban J connectivity index is 1.40. The molecule has 0 amide bonds. The number of fused-ring (bicyclic) bond motifs is 4. The molecule has 0 saturated carbocycles. The monoisotopic (exact) mass is 412 g/mol. The fourth-order valence-corrected chi connectivity index (χ4v) is 4.55. The van der Waals surface area contributed by atoms with Gasteiger partial charge in [-0.05, 0) is 35.7 Å². The van der Waals surface area contributed by atoms with Crippen LogP contribution in [0.5, 0.6) is 17.2 Å². The third-order valence-electron chi connectivity index (χ3n) is 6.29. The molecule has 0 aromatic heterocycles. The summed E-state index contributed by atoms with van der Waals surface area (Å²) in [6, 6.07) is 23.2. The normalized spacial score (nSPS) is 20.9. The molecule has 6 rings (SSSR count). The molecule has 3 heterocycles. The molecule has 0 spiro atoms. The number of hydrogen-bond donors (Lipinski definition) is 0. The minimum absolute atomic E-state index is 0.139. The molecule has 3 aromatic carbocycles. The Morgan fingerprint density at radius 3 is 2.55 bits per heavy atom. The standard InChI is InChI=1S/C26H24N2O3/c1-16(2)17-7-9-18(10-8-17)26-28-22(20-5-3-4-6-23(20)31-26)14-21(27-28)19-11-12-24-25(13-19)30-15-29-24/h3-13,16,22,26H,14-15H2,1-2H3/t22-,26+/m1/s1. The van der Waals surface area contributed by atoms with Crippen LogP contribution in [0.2, 0.25) is 0 Å². The highest BCUT2D eigenvalue weighted by molar-refractivity contribution is 6.02. The number of benzene rings is 3. The van der Waals surface area contributed by atoms with Crippen molar-refractivity contribution in [1.29, 1.82) is 0 Å². The lowest BCUT2D eigenvalue weighted by atomic mass is 9.95. The van der Waals surface area contributed by atoms with Gasteiger partial charge in [-0.1, -0.05) is 56.3 Å². The summed E-state index contributed by atoms with van der Waals surface area (Å²) in [5, 5.41) is 7.17. The van der Waals surface area contributed by atoms with Crippen LogP contribution in [0.15, 0.2) is 71.8 Å². The predicted octanol–water partition coefficient (Wildman–Crippen LogP) is 5.78. The zero-order valence-electron chi connectivity index (χ0n) is 17.6. The smallest absolute Gasteiger partial charge is 0.231 e. The van der Waals surface area contributed by atoms with E-state index >= 15 is 0 Å². The van der Waals surface area contributed by atoms with Gasteiger partial charge in [-0.25, -0.2) is 5.01 Å². The third-order valence-corrected chi connectivity index (χ3v) is 6.29. The molecule has 0 unspecified atom stereocenters. The molecular formula is C26H24N2O3.